The number of hydrogen-bond donors (Lipinski definition) is 1. The number of nitriles is 1. The molecule has 1 N–H and O–H groups in total. The minimum Gasteiger partial charge on any atom is -0.336 e. The van der Waals surface area contributed by atoms with E-state index in [2.05, 4.69) is 16.4 Å². The van der Waals surface area contributed by atoms with Crippen molar-refractivity contribution >= 4 is 17.5 Å². The molecule has 1 aromatic rings. The maximum atomic E-state index is 11.9. The minimum atomic E-state index is -0.417. The second kappa shape index (κ2) is 4.72. The monoisotopic (exact) mass is 249 g/mol. The van der Waals surface area contributed by atoms with Gasteiger partial charge in [0.05, 0.1) is 16.7 Å². The van der Waals surface area contributed by atoms with Gasteiger partial charge in [-0.3, -0.25) is 9.78 Å². The van der Waals surface area contributed by atoms with Crippen molar-refractivity contribution in [2.24, 2.45) is 5.92 Å². The summed E-state index contributed by atoms with van der Waals surface area (Å²) in [6.45, 7) is 1.80. The van der Waals surface area contributed by atoms with E-state index in [1.807, 2.05) is 0 Å². The minimum absolute atomic E-state index is 0.293. The zero-order valence-corrected chi connectivity index (χ0v) is 10.2. The zero-order chi connectivity index (χ0) is 12.4. The molecule has 1 fully saturated rings. The number of hydrogen-bond acceptors (Lipinski definition) is 3. The molecule has 0 aromatic carbocycles. The first-order chi connectivity index (χ1) is 8.11. The van der Waals surface area contributed by atoms with Crippen LogP contribution in [0.5, 0.6) is 0 Å². The lowest BCUT2D eigenvalue weighted by molar-refractivity contribution is 0.0941. The van der Waals surface area contributed by atoms with Gasteiger partial charge in [-0.2, -0.15) is 5.26 Å². The molecule has 1 aliphatic rings. The Labute approximate surface area is 105 Å². The molecule has 1 aliphatic carbocycles. The average molecular weight is 250 g/mol. The molecule has 1 unspecified atom stereocenters. The molecule has 88 valence electrons. The number of aromatic nitrogens is 1. The molecule has 0 saturated heterocycles. The number of aryl methyl sites for hydroxylation is 1. The van der Waals surface area contributed by atoms with E-state index in [9.17, 15) is 4.79 Å². The standard InChI is InChI=1S/C12H12ClN3O/c1-7-4-10(13)9(6-15-7)12(17)16-11(5-14)8-2-3-8/h4,6,8,11H,2-3H2,1H3,(H,16,17). The molecule has 1 aromatic heterocycles. The Morgan fingerprint density at radius 1 is 1.71 bits per heavy atom. The Morgan fingerprint density at radius 3 is 2.94 bits per heavy atom. The van der Waals surface area contributed by atoms with Crippen molar-refractivity contribution in [2.45, 2.75) is 25.8 Å². The van der Waals surface area contributed by atoms with Crippen LogP contribution >= 0.6 is 11.6 Å². The quantitative estimate of drug-likeness (QED) is 0.892. The smallest absolute Gasteiger partial charge is 0.255 e. The summed E-state index contributed by atoms with van der Waals surface area (Å²) in [5.41, 5.74) is 1.07. The van der Waals surface area contributed by atoms with Gasteiger partial charge in [-0.1, -0.05) is 11.6 Å². The zero-order valence-electron chi connectivity index (χ0n) is 9.40. The van der Waals surface area contributed by atoms with Crippen molar-refractivity contribution in [3.63, 3.8) is 0 Å². The summed E-state index contributed by atoms with van der Waals surface area (Å²) in [7, 11) is 0. The lowest BCUT2D eigenvalue weighted by Crippen LogP contribution is -2.35. The second-order valence-corrected chi connectivity index (χ2v) is 4.63. The summed E-state index contributed by atoms with van der Waals surface area (Å²) in [6, 6.07) is 3.32. The molecule has 0 spiro atoms. The van der Waals surface area contributed by atoms with Crippen LogP contribution in [0, 0.1) is 24.2 Å². The van der Waals surface area contributed by atoms with Gasteiger partial charge in [-0.25, -0.2) is 0 Å². The molecule has 4 nitrogen and oxygen atoms in total. The van der Waals surface area contributed by atoms with Crippen LogP contribution in [0.2, 0.25) is 5.02 Å². The maximum absolute atomic E-state index is 11.9. The molecule has 5 heteroatoms. The van der Waals surface area contributed by atoms with Crippen molar-refractivity contribution < 1.29 is 4.79 Å². The third-order valence-electron chi connectivity index (χ3n) is 2.75. The molecular weight excluding hydrogens is 238 g/mol. The molecular formula is C12H12ClN3O. The molecule has 2 rings (SSSR count). The summed E-state index contributed by atoms with van der Waals surface area (Å²) < 4.78 is 0. The Bertz CT molecular complexity index is 491. The molecule has 1 saturated carbocycles. The van der Waals surface area contributed by atoms with Crippen LogP contribution in [0.4, 0.5) is 0 Å². The molecule has 1 heterocycles. The topological polar surface area (TPSA) is 65.8 Å². The Hall–Kier alpha value is -1.60. The summed E-state index contributed by atoms with van der Waals surface area (Å²) >= 11 is 5.96. The summed E-state index contributed by atoms with van der Waals surface area (Å²) in [5, 5.41) is 12.0. The van der Waals surface area contributed by atoms with Crippen LogP contribution in [0.25, 0.3) is 0 Å². The van der Waals surface area contributed by atoms with E-state index >= 15 is 0 Å². The summed E-state index contributed by atoms with van der Waals surface area (Å²) in [6.07, 6.45) is 3.44. The van der Waals surface area contributed by atoms with E-state index in [4.69, 9.17) is 16.9 Å². The van der Waals surface area contributed by atoms with Crippen molar-refractivity contribution in [1.29, 1.82) is 5.26 Å². The van der Waals surface area contributed by atoms with Gasteiger partial charge in [0.1, 0.15) is 6.04 Å². The van der Waals surface area contributed by atoms with Gasteiger partial charge in [-0.15, -0.1) is 0 Å². The van der Waals surface area contributed by atoms with Crippen LogP contribution in [0.1, 0.15) is 28.9 Å². The number of nitrogens with zero attached hydrogens (tertiary/aromatic N) is 2. The highest BCUT2D eigenvalue weighted by Gasteiger charge is 2.32. The predicted octanol–water partition coefficient (Wildman–Crippen LogP) is 2.08. The molecule has 0 radical (unpaired) electrons. The van der Waals surface area contributed by atoms with Crippen LogP contribution < -0.4 is 5.32 Å². The van der Waals surface area contributed by atoms with Crippen LogP contribution in [0.3, 0.4) is 0 Å². The number of rotatable bonds is 3. The van der Waals surface area contributed by atoms with Gasteiger partial charge in [0, 0.05) is 11.9 Å². The number of carbonyl (C=O) groups is 1. The largest absolute Gasteiger partial charge is 0.336 e. The van der Waals surface area contributed by atoms with Crippen LogP contribution in [-0.4, -0.2) is 16.9 Å². The fourth-order valence-corrected chi connectivity index (χ4v) is 1.89. The van der Waals surface area contributed by atoms with Crippen molar-refractivity contribution in [3.8, 4) is 6.07 Å². The van der Waals surface area contributed by atoms with E-state index in [1.54, 1.807) is 13.0 Å². The SMILES string of the molecule is Cc1cc(Cl)c(C(=O)NC(C#N)C2CC2)cn1. The molecule has 1 amide bonds. The van der Waals surface area contributed by atoms with E-state index in [-0.39, 0.29) is 5.91 Å². The molecule has 17 heavy (non-hydrogen) atoms. The third-order valence-corrected chi connectivity index (χ3v) is 3.07. The predicted molar refractivity (Wildman–Crippen MR) is 63.6 cm³/mol. The number of pyridine rings is 1. The summed E-state index contributed by atoms with van der Waals surface area (Å²) in [4.78, 5) is 15.9. The Balaban J connectivity index is 2.11. The lowest BCUT2D eigenvalue weighted by Gasteiger charge is -2.11. The number of halogens is 1. The van der Waals surface area contributed by atoms with E-state index in [0.717, 1.165) is 18.5 Å². The van der Waals surface area contributed by atoms with Gasteiger partial charge in [0.15, 0.2) is 0 Å². The van der Waals surface area contributed by atoms with E-state index in [0.29, 0.717) is 16.5 Å². The first-order valence-corrected chi connectivity index (χ1v) is 5.82. The van der Waals surface area contributed by atoms with E-state index in [1.165, 1.54) is 6.20 Å². The van der Waals surface area contributed by atoms with Crippen molar-refractivity contribution in [2.75, 3.05) is 0 Å². The van der Waals surface area contributed by atoms with Crippen molar-refractivity contribution in [3.05, 3.63) is 28.5 Å². The van der Waals surface area contributed by atoms with Crippen molar-refractivity contribution in [1.82, 2.24) is 10.3 Å². The van der Waals surface area contributed by atoms with Crippen LogP contribution in [-0.2, 0) is 0 Å². The Morgan fingerprint density at radius 2 is 2.41 bits per heavy atom. The number of nitrogens with one attached hydrogen (secondary N) is 1. The van der Waals surface area contributed by atoms with Gasteiger partial charge < -0.3 is 5.32 Å². The molecule has 0 bridgehead atoms. The molecule has 0 aliphatic heterocycles. The maximum Gasteiger partial charge on any atom is 0.255 e. The third kappa shape index (κ3) is 2.75. The fourth-order valence-electron chi connectivity index (χ4n) is 1.60. The number of amides is 1. The highest BCUT2D eigenvalue weighted by molar-refractivity contribution is 6.33. The van der Waals surface area contributed by atoms with Crippen LogP contribution in [0.15, 0.2) is 12.3 Å². The Kier molecular flexibility index (Phi) is 3.30. The first-order valence-electron chi connectivity index (χ1n) is 5.44. The fraction of sp³-hybridized carbons (Fsp3) is 0.417. The first kappa shape index (κ1) is 11.9. The van der Waals surface area contributed by atoms with Gasteiger partial charge in [0.2, 0.25) is 0 Å². The van der Waals surface area contributed by atoms with Gasteiger partial charge >= 0.3 is 0 Å². The average Bonchev–Trinajstić information content (AvgIpc) is 3.09. The highest BCUT2D eigenvalue weighted by Crippen LogP contribution is 2.32. The second-order valence-electron chi connectivity index (χ2n) is 4.22. The van der Waals surface area contributed by atoms with Gasteiger partial charge in [-0.05, 0) is 31.7 Å². The lowest BCUT2D eigenvalue weighted by atomic mass is 10.2. The summed E-state index contributed by atoms with van der Waals surface area (Å²) in [5.74, 6) is -0.0397. The van der Waals surface area contributed by atoms with Gasteiger partial charge in [0.25, 0.3) is 5.91 Å². The highest BCUT2D eigenvalue weighted by atomic mass is 35.5. The normalized spacial score (nSPS) is 16.1. The van der Waals surface area contributed by atoms with E-state index < -0.39 is 6.04 Å². The number of carbonyl (C=O) groups excluding carboxylic acids is 1. The molecule has 1 atom stereocenters.